The average molecular weight is 447 g/mol. The first kappa shape index (κ1) is 22.8. The molecule has 0 saturated carbocycles. The number of nitrogens with zero attached hydrogens (tertiary/aromatic N) is 2. The van der Waals surface area contributed by atoms with Gasteiger partial charge in [0.1, 0.15) is 5.70 Å². The van der Waals surface area contributed by atoms with Crippen LogP contribution in [0, 0.1) is 12.8 Å². The second-order valence-electron chi connectivity index (χ2n) is 8.89. The minimum atomic E-state index is -0.413. The molecule has 0 unspecified atom stereocenters. The van der Waals surface area contributed by atoms with Gasteiger partial charge in [-0.05, 0) is 61.9 Å². The summed E-state index contributed by atoms with van der Waals surface area (Å²) in [5.41, 5.74) is 3.59. The first-order valence-corrected chi connectivity index (χ1v) is 11.6. The van der Waals surface area contributed by atoms with Crippen LogP contribution in [0.3, 0.4) is 0 Å². The normalized spacial score (nSPS) is 17.2. The summed E-state index contributed by atoms with van der Waals surface area (Å²) in [7, 11) is 0. The predicted molar refractivity (Wildman–Crippen MR) is 128 cm³/mol. The highest BCUT2D eigenvalue weighted by Gasteiger charge is 2.43. The Morgan fingerprint density at radius 3 is 2.21 bits per heavy atom. The van der Waals surface area contributed by atoms with Crippen LogP contribution in [-0.4, -0.2) is 42.4 Å². The zero-order valence-corrected chi connectivity index (χ0v) is 19.5. The van der Waals surface area contributed by atoms with E-state index in [1.807, 2.05) is 38.1 Å². The lowest BCUT2D eigenvalue weighted by molar-refractivity contribution is -0.120. The van der Waals surface area contributed by atoms with Gasteiger partial charge in [0.15, 0.2) is 0 Å². The quantitative estimate of drug-likeness (QED) is 0.480. The van der Waals surface area contributed by atoms with Crippen molar-refractivity contribution in [2.75, 3.05) is 24.6 Å². The number of likely N-dealkylation sites (tertiary alicyclic amines) is 1. The van der Waals surface area contributed by atoms with E-state index in [0.717, 1.165) is 43.5 Å². The van der Waals surface area contributed by atoms with Crippen molar-refractivity contribution in [2.24, 2.45) is 5.92 Å². The maximum Gasteiger partial charge on any atom is 0.338 e. The van der Waals surface area contributed by atoms with Crippen molar-refractivity contribution in [1.82, 2.24) is 4.90 Å². The fraction of sp³-hybridized carbons (Fsp3) is 0.370. The summed E-state index contributed by atoms with van der Waals surface area (Å²) < 4.78 is 5.17. The Hall–Kier alpha value is -3.41. The van der Waals surface area contributed by atoms with Crippen molar-refractivity contribution >= 4 is 29.0 Å². The van der Waals surface area contributed by atoms with E-state index in [1.54, 1.807) is 24.3 Å². The maximum absolute atomic E-state index is 13.6. The van der Waals surface area contributed by atoms with Gasteiger partial charge in [-0.15, -0.1) is 0 Å². The van der Waals surface area contributed by atoms with Crippen molar-refractivity contribution in [3.05, 3.63) is 70.9 Å². The minimum absolute atomic E-state index is 0.313. The lowest BCUT2D eigenvalue weighted by Crippen LogP contribution is -2.38. The first-order valence-electron chi connectivity index (χ1n) is 11.6. The van der Waals surface area contributed by atoms with E-state index in [1.165, 1.54) is 4.90 Å². The van der Waals surface area contributed by atoms with Gasteiger partial charge in [0.05, 0.1) is 23.4 Å². The van der Waals surface area contributed by atoms with E-state index in [9.17, 15) is 14.4 Å². The predicted octanol–water partition coefficient (Wildman–Crippen LogP) is 4.58. The number of aryl methyl sites for hydroxylation is 1. The number of hydrogen-bond acceptors (Lipinski definition) is 5. The van der Waals surface area contributed by atoms with Crippen molar-refractivity contribution in [1.29, 1.82) is 0 Å². The number of imide groups is 1. The smallest absolute Gasteiger partial charge is 0.338 e. The van der Waals surface area contributed by atoms with Crippen LogP contribution in [0.2, 0.25) is 0 Å². The Bertz CT molecular complexity index is 1080. The van der Waals surface area contributed by atoms with E-state index < -0.39 is 5.97 Å². The molecule has 33 heavy (non-hydrogen) atoms. The summed E-state index contributed by atoms with van der Waals surface area (Å²) in [6, 6.07) is 14.2. The van der Waals surface area contributed by atoms with Crippen molar-refractivity contribution < 1.29 is 19.1 Å². The molecule has 1 fully saturated rings. The number of rotatable bonds is 6. The molecule has 0 aromatic heterocycles. The third-order valence-electron chi connectivity index (χ3n) is 6.30. The number of benzene rings is 2. The number of carbonyl (C=O) groups is 3. The number of piperidine rings is 1. The number of anilines is 1. The average Bonchev–Trinajstić information content (AvgIpc) is 3.08. The molecule has 2 heterocycles. The van der Waals surface area contributed by atoms with Gasteiger partial charge >= 0.3 is 5.97 Å². The molecule has 2 aliphatic rings. The SMILES string of the molecule is CCCOC(=O)c1ccc(N2C(=O)C(c3ccc(C)cc3)=C(N3CCC(C)CC3)C2=O)cc1. The van der Waals surface area contributed by atoms with Crippen molar-refractivity contribution in [3.8, 4) is 0 Å². The van der Waals surface area contributed by atoms with E-state index in [2.05, 4.69) is 11.8 Å². The Labute approximate surface area is 194 Å². The first-order chi connectivity index (χ1) is 15.9. The minimum Gasteiger partial charge on any atom is -0.462 e. The number of hydrogen-bond donors (Lipinski definition) is 0. The molecule has 2 aromatic rings. The second-order valence-corrected chi connectivity index (χ2v) is 8.89. The summed E-state index contributed by atoms with van der Waals surface area (Å²) in [6.07, 6.45) is 2.72. The van der Waals surface area contributed by atoms with Crippen molar-refractivity contribution in [3.63, 3.8) is 0 Å². The Morgan fingerprint density at radius 2 is 1.61 bits per heavy atom. The zero-order chi connectivity index (χ0) is 23.5. The topological polar surface area (TPSA) is 66.9 Å². The van der Waals surface area contributed by atoms with Gasteiger partial charge in [-0.1, -0.05) is 43.7 Å². The third kappa shape index (κ3) is 4.56. The fourth-order valence-electron chi connectivity index (χ4n) is 4.28. The maximum atomic E-state index is 13.6. The molecule has 0 aliphatic carbocycles. The van der Waals surface area contributed by atoms with E-state index >= 15 is 0 Å². The van der Waals surface area contributed by atoms with Gasteiger partial charge in [-0.25, -0.2) is 9.69 Å². The molecule has 6 nitrogen and oxygen atoms in total. The van der Waals surface area contributed by atoms with Gasteiger partial charge in [-0.3, -0.25) is 9.59 Å². The molecule has 0 N–H and O–H groups in total. The molecule has 0 radical (unpaired) electrons. The van der Waals surface area contributed by atoms with Crippen LogP contribution in [0.15, 0.2) is 54.2 Å². The van der Waals surface area contributed by atoms with Crippen LogP contribution < -0.4 is 4.90 Å². The number of amides is 2. The van der Waals surface area contributed by atoms with Gasteiger partial charge in [0.25, 0.3) is 11.8 Å². The molecule has 0 spiro atoms. The molecular weight excluding hydrogens is 416 g/mol. The highest BCUT2D eigenvalue weighted by atomic mass is 16.5. The monoisotopic (exact) mass is 446 g/mol. The highest BCUT2D eigenvalue weighted by molar-refractivity contribution is 6.45. The zero-order valence-electron chi connectivity index (χ0n) is 19.5. The highest BCUT2D eigenvalue weighted by Crippen LogP contribution is 2.36. The lowest BCUT2D eigenvalue weighted by Gasteiger charge is -2.32. The molecule has 0 atom stereocenters. The number of ether oxygens (including phenoxy) is 1. The molecule has 1 saturated heterocycles. The Kier molecular flexibility index (Phi) is 6.63. The molecule has 6 heteroatoms. The van der Waals surface area contributed by atoms with E-state index in [4.69, 9.17) is 4.74 Å². The van der Waals surface area contributed by atoms with E-state index in [0.29, 0.717) is 35.0 Å². The summed E-state index contributed by atoms with van der Waals surface area (Å²) in [5.74, 6) is -0.456. The Morgan fingerprint density at radius 1 is 0.970 bits per heavy atom. The second kappa shape index (κ2) is 9.61. The number of esters is 1. The fourth-order valence-corrected chi connectivity index (χ4v) is 4.28. The van der Waals surface area contributed by atoms with Crippen molar-refractivity contribution in [2.45, 2.75) is 40.0 Å². The van der Waals surface area contributed by atoms with Gasteiger partial charge < -0.3 is 9.64 Å². The third-order valence-corrected chi connectivity index (χ3v) is 6.30. The van der Waals surface area contributed by atoms with E-state index in [-0.39, 0.29) is 11.8 Å². The standard InChI is InChI=1S/C27H30N2O4/c1-4-17-33-27(32)21-9-11-22(12-10-21)29-25(30)23(20-7-5-18(2)6-8-20)24(26(29)31)28-15-13-19(3)14-16-28/h5-12,19H,4,13-17H2,1-3H3. The summed E-state index contributed by atoms with van der Waals surface area (Å²) in [6.45, 7) is 7.99. The molecule has 2 amide bonds. The van der Waals surface area contributed by atoms with Crippen LogP contribution >= 0.6 is 0 Å². The molecule has 4 rings (SSSR count). The van der Waals surface area contributed by atoms with Crippen LogP contribution in [0.1, 0.15) is 54.6 Å². The van der Waals surface area contributed by atoms with Gasteiger partial charge in [0.2, 0.25) is 0 Å². The molecule has 2 aromatic carbocycles. The van der Waals surface area contributed by atoms with Crippen LogP contribution in [0.5, 0.6) is 0 Å². The molecule has 172 valence electrons. The van der Waals surface area contributed by atoms with Gasteiger partial charge in [-0.2, -0.15) is 0 Å². The summed E-state index contributed by atoms with van der Waals surface area (Å²) in [4.78, 5) is 42.6. The summed E-state index contributed by atoms with van der Waals surface area (Å²) >= 11 is 0. The largest absolute Gasteiger partial charge is 0.462 e. The van der Waals surface area contributed by atoms with Crippen LogP contribution in [0.4, 0.5) is 5.69 Å². The number of carbonyl (C=O) groups excluding carboxylic acids is 3. The van der Waals surface area contributed by atoms with Crippen LogP contribution in [-0.2, 0) is 14.3 Å². The Balaban J connectivity index is 1.68. The summed E-state index contributed by atoms with van der Waals surface area (Å²) in [5, 5.41) is 0. The molecular formula is C27H30N2O4. The lowest BCUT2D eigenvalue weighted by atomic mass is 9.97. The van der Waals surface area contributed by atoms with Crippen LogP contribution in [0.25, 0.3) is 5.57 Å². The molecule has 0 bridgehead atoms. The molecule has 2 aliphatic heterocycles. The van der Waals surface area contributed by atoms with Gasteiger partial charge in [0, 0.05) is 13.1 Å².